The van der Waals surface area contributed by atoms with E-state index in [1.807, 2.05) is 0 Å². The summed E-state index contributed by atoms with van der Waals surface area (Å²) in [5, 5.41) is 2.58. The number of alkyl halides is 3. The summed E-state index contributed by atoms with van der Waals surface area (Å²) in [5.74, 6) is -1.38. The maximum Gasteiger partial charge on any atom is 0.417 e. The molecule has 0 radical (unpaired) electrons. The molecular weight excluding hydrogens is 602 g/mol. The van der Waals surface area contributed by atoms with E-state index in [4.69, 9.17) is 34.8 Å². The molecule has 0 saturated carbocycles. The predicted octanol–water partition coefficient (Wildman–Crippen LogP) is 6.15. The number of halogens is 6. The van der Waals surface area contributed by atoms with Crippen molar-refractivity contribution in [1.82, 2.24) is 10.2 Å². The molecule has 0 saturated heterocycles. The Hall–Kier alpha value is -2.21. The zero-order valence-corrected chi connectivity index (χ0v) is 25.0. The SMILES string of the molecule is CCC(C(=O)NC(C)(C)C)N(Cc1c(Cl)cccc1Cl)C(=O)CN(c1ccc(Cl)c(C(F)(F)F)c1)S(C)(=O)=O. The summed E-state index contributed by atoms with van der Waals surface area (Å²) < 4.78 is 66.3. The van der Waals surface area contributed by atoms with Gasteiger partial charge >= 0.3 is 6.18 Å². The molecule has 2 rings (SSSR count). The molecule has 1 unspecified atom stereocenters. The van der Waals surface area contributed by atoms with Crippen LogP contribution in [-0.4, -0.2) is 49.5 Å². The van der Waals surface area contributed by atoms with Gasteiger partial charge in [0.1, 0.15) is 12.6 Å². The first-order valence-corrected chi connectivity index (χ1v) is 14.6. The van der Waals surface area contributed by atoms with Crippen molar-refractivity contribution in [1.29, 1.82) is 0 Å². The summed E-state index contributed by atoms with van der Waals surface area (Å²) in [6.07, 6.45) is -3.99. The Balaban J connectivity index is 2.60. The molecule has 1 atom stereocenters. The smallest absolute Gasteiger partial charge is 0.350 e. The molecule has 7 nitrogen and oxygen atoms in total. The fourth-order valence-corrected chi connectivity index (χ4v) is 5.31. The molecule has 2 amide bonds. The van der Waals surface area contributed by atoms with Crippen LogP contribution in [0.1, 0.15) is 45.2 Å². The summed E-state index contributed by atoms with van der Waals surface area (Å²) in [5.41, 5.74) is -2.03. The van der Waals surface area contributed by atoms with Crippen molar-refractivity contribution in [2.75, 3.05) is 17.1 Å². The summed E-state index contributed by atoms with van der Waals surface area (Å²) >= 11 is 18.3. The second-order valence-corrected chi connectivity index (χ2v) is 12.9. The third-order valence-corrected chi connectivity index (χ3v) is 7.68. The van der Waals surface area contributed by atoms with Gasteiger partial charge in [-0.2, -0.15) is 13.2 Å². The molecule has 0 heterocycles. The summed E-state index contributed by atoms with van der Waals surface area (Å²) in [6, 6.07) is 6.10. The van der Waals surface area contributed by atoms with Gasteiger partial charge in [0.05, 0.1) is 22.5 Å². The molecule has 0 bridgehead atoms. The molecule has 0 aromatic heterocycles. The maximum absolute atomic E-state index is 13.7. The van der Waals surface area contributed by atoms with Crippen LogP contribution in [0.5, 0.6) is 0 Å². The summed E-state index contributed by atoms with van der Waals surface area (Å²) in [7, 11) is -4.27. The lowest BCUT2D eigenvalue weighted by molar-refractivity contribution is -0.141. The van der Waals surface area contributed by atoms with Crippen LogP contribution in [0.3, 0.4) is 0 Å². The summed E-state index contributed by atoms with van der Waals surface area (Å²) in [4.78, 5) is 28.0. The quantitative estimate of drug-likeness (QED) is 0.360. The second-order valence-electron chi connectivity index (χ2n) is 9.82. The van der Waals surface area contributed by atoms with Crippen molar-refractivity contribution in [3.8, 4) is 0 Å². The van der Waals surface area contributed by atoms with Crippen LogP contribution >= 0.6 is 34.8 Å². The minimum atomic E-state index is -4.87. The first-order chi connectivity index (χ1) is 17.8. The van der Waals surface area contributed by atoms with Gasteiger partial charge < -0.3 is 10.2 Å². The molecule has 1 N–H and O–H groups in total. The van der Waals surface area contributed by atoms with Gasteiger partial charge in [0, 0.05) is 27.7 Å². The first kappa shape index (κ1) is 33.0. The molecule has 0 fully saturated rings. The lowest BCUT2D eigenvalue weighted by atomic mass is 10.1. The van der Waals surface area contributed by atoms with E-state index in [-0.39, 0.29) is 23.0 Å². The number of nitrogens with one attached hydrogen (secondary N) is 1. The van der Waals surface area contributed by atoms with Crippen molar-refractivity contribution >= 4 is 62.3 Å². The fraction of sp³-hybridized carbons (Fsp3) is 0.440. The van der Waals surface area contributed by atoms with Gasteiger partial charge in [0.15, 0.2) is 0 Å². The van der Waals surface area contributed by atoms with Gasteiger partial charge in [-0.3, -0.25) is 13.9 Å². The molecule has 0 aliphatic carbocycles. The van der Waals surface area contributed by atoms with Crippen LogP contribution < -0.4 is 9.62 Å². The van der Waals surface area contributed by atoms with Crippen LogP contribution in [-0.2, 0) is 32.3 Å². The number of nitrogens with zero attached hydrogens (tertiary/aromatic N) is 2. The average Bonchev–Trinajstić information content (AvgIpc) is 2.77. The van der Waals surface area contributed by atoms with E-state index < -0.39 is 62.4 Å². The minimum absolute atomic E-state index is 0.133. The first-order valence-electron chi connectivity index (χ1n) is 11.6. The number of rotatable bonds is 9. The number of anilines is 1. The van der Waals surface area contributed by atoms with Crippen molar-refractivity contribution in [2.45, 2.75) is 58.4 Å². The van der Waals surface area contributed by atoms with Crippen LogP contribution in [0.4, 0.5) is 18.9 Å². The zero-order chi connectivity index (χ0) is 29.9. The molecular formula is C25H29Cl3F3N3O4S. The molecule has 39 heavy (non-hydrogen) atoms. The lowest BCUT2D eigenvalue weighted by Crippen LogP contribution is -2.55. The normalized spacial score (nSPS) is 13.1. The largest absolute Gasteiger partial charge is 0.417 e. The van der Waals surface area contributed by atoms with Gasteiger partial charge in [0.2, 0.25) is 21.8 Å². The molecule has 2 aromatic rings. The molecule has 14 heteroatoms. The van der Waals surface area contributed by atoms with E-state index >= 15 is 0 Å². The van der Waals surface area contributed by atoms with Crippen molar-refractivity contribution in [2.24, 2.45) is 0 Å². The Morgan fingerprint density at radius 2 is 1.56 bits per heavy atom. The highest BCUT2D eigenvalue weighted by atomic mass is 35.5. The number of hydrogen-bond acceptors (Lipinski definition) is 4. The van der Waals surface area contributed by atoms with E-state index in [9.17, 15) is 31.2 Å². The average molecular weight is 631 g/mol. The Kier molecular flexibility index (Phi) is 10.6. The maximum atomic E-state index is 13.7. The van der Waals surface area contributed by atoms with E-state index in [2.05, 4.69) is 5.32 Å². The van der Waals surface area contributed by atoms with Gasteiger partial charge in [-0.05, 0) is 57.5 Å². The number of benzene rings is 2. The third kappa shape index (κ3) is 8.89. The van der Waals surface area contributed by atoms with Crippen LogP contribution in [0.25, 0.3) is 0 Å². The molecule has 2 aromatic carbocycles. The Morgan fingerprint density at radius 3 is 2.03 bits per heavy atom. The van der Waals surface area contributed by atoms with Gasteiger partial charge in [-0.15, -0.1) is 0 Å². The van der Waals surface area contributed by atoms with Crippen molar-refractivity contribution in [3.63, 3.8) is 0 Å². The molecule has 0 spiro atoms. The second kappa shape index (κ2) is 12.5. The Bertz CT molecular complexity index is 1310. The highest BCUT2D eigenvalue weighted by molar-refractivity contribution is 7.92. The van der Waals surface area contributed by atoms with Crippen LogP contribution in [0.2, 0.25) is 15.1 Å². The standard InChI is InChI=1S/C25H29Cl3F3N3O4S/c1-6-21(23(36)32-24(2,3)4)33(13-16-18(26)8-7-9-19(16)27)22(35)14-34(39(5,37)38)15-10-11-20(28)17(12-15)25(29,30)31/h7-12,21H,6,13-14H2,1-5H3,(H,32,36). The van der Waals surface area contributed by atoms with E-state index in [0.717, 1.165) is 23.3 Å². The van der Waals surface area contributed by atoms with E-state index in [0.29, 0.717) is 15.9 Å². The summed E-state index contributed by atoms with van der Waals surface area (Å²) in [6.45, 7) is 5.74. The monoisotopic (exact) mass is 629 g/mol. The molecule has 0 aliphatic heterocycles. The number of carbonyl (C=O) groups excluding carboxylic acids is 2. The van der Waals surface area contributed by atoms with Crippen molar-refractivity contribution < 1.29 is 31.2 Å². The topological polar surface area (TPSA) is 86.8 Å². The van der Waals surface area contributed by atoms with E-state index in [1.54, 1.807) is 33.8 Å². The Morgan fingerprint density at radius 1 is 1.00 bits per heavy atom. The minimum Gasteiger partial charge on any atom is -0.350 e. The number of carbonyl (C=O) groups is 2. The highest BCUT2D eigenvalue weighted by Crippen LogP contribution is 2.37. The molecule has 216 valence electrons. The van der Waals surface area contributed by atoms with Crippen LogP contribution in [0, 0.1) is 0 Å². The van der Waals surface area contributed by atoms with E-state index in [1.165, 1.54) is 12.1 Å². The third-order valence-electron chi connectivity index (χ3n) is 5.50. The lowest BCUT2D eigenvalue weighted by Gasteiger charge is -2.35. The molecule has 0 aliphatic rings. The highest BCUT2D eigenvalue weighted by Gasteiger charge is 2.36. The number of sulfonamides is 1. The number of hydrogen-bond donors (Lipinski definition) is 1. The van der Waals surface area contributed by atoms with Gasteiger partial charge in [0.25, 0.3) is 0 Å². The Labute approximate surface area is 241 Å². The van der Waals surface area contributed by atoms with Gasteiger partial charge in [-0.25, -0.2) is 8.42 Å². The number of amides is 2. The predicted molar refractivity (Wildman–Crippen MR) is 148 cm³/mol. The van der Waals surface area contributed by atoms with Gasteiger partial charge in [-0.1, -0.05) is 47.8 Å². The zero-order valence-electron chi connectivity index (χ0n) is 21.9. The fourth-order valence-electron chi connectivity index (χ4n) is 3.73. The van der Waals surface area contributed by atoms with Crippen LogP contribution in [0.15, 0.2) is 36.4 Å². The van der Waals surface area contributed by atoms with Crippen molar-refractivity contribution in [3.05, 3.63) is 62.6 Å².